The summed E-state index contributed by atoms with van der Waals surface area (Å²) in [6, 6.07) is 0. The molecule has 0 N–H and O–H groups in total. The van der Waals surface area contributed by atoms with Gasteiger partial charge in [-0.05, 0) is 6.42 Å². The van der Waals surface area contributed by atoms with Crippen LogP contribution in [0.5, 0.6) is 0 Å². The summed E-state index contributed by atoms with van der Waals surface area (Å²) >= 11 is 1.95. The molecule has 0 saturated carbocycles. The number of hydrogen-bond acceptors (Lipinski definition) is 2. The molecule has 0 rings (SSSR count). The average molecular weight is 348 g/mol. The standard InChI is InChI=1S/C12H23IO2.Na/c1-2-3-4-5-6-7-8-9-10-11(13)12(14)15;/h11H,2-10H2,1H3,(H,14,15);/q;+1/p-1. The van der Waals surface area contributed by atoms with Crippen LogP contribution in [-0.2, 0) is 4.79 Å². The van der Waals surface area contributed by atoms with E-state index in [0.717, 1.165) is 12.8 Å². The van der Waals surface area contributed by atoms with Crippen LogP contribution in [0.25, 0.3) is 0 Å². The number of hydrogen-bond donors (Lipinski definition) is 0. The first-order valence-corrected chi connectivity index (χ1v) is 7.28. The van der Waals surface area contributed by atoms with Crippen LogP contribution in [-0.4, -0.2) is 9.89 Å². The molecule has 0 aromatic rings. The van der Waals surface area contributed by atoms with E-state index in [1.54, 1.807) is 0 Å². The van der Waals surface area contributed by atoms with Crippen LogP contribution < -0.4 is 34.7 Å². The third-order valence-electron chi connectivity index (χ3n) is 2.57. The van der Waals surface area contributed by atoms with E-state index in [9.17, 15) is 9.90 Å². The zero-order chi connectivity index (χ0) is 11.5. The van der Waals surface area contributed by atoms with Crippen LogP contribution in [0.4, 0.5) is 0 Å². The molecule has 0 heterocycles. The molecule has 0 bridgehead atoms. The second-order valence-electron chi connectivity index (χ2n) is 4.05. The third-order valence-corrected chi connectivity index (χ3v) is 3.70. The maximum Gasteiger partial charge on any atom is 1.00 e. The van der Waals surface area contributed by atoms with Crippen LogP contribution in [0.15, 0.2) is 0 Å². The Balaban J connectivity index is 0. The van der Waals surface area contributed by atoms with Crippen molar-refractivity contribution in [1.29, 1.82) is 0 Å². The fourth-order valence-corrected chi connectivity index (χ4v) is 2.02. The molecule has 0 radical (unpaired) electrons. The average Bonchev–Trinajstić information content (AvgIpc) is 2.21. The van der Waals surface area contributed by atoms with Crippen molar-refractivity contribution < 1.29 is 39.5 Å². The van der Waals surface area contributed by atoms with Crippen LogP contribution in [0.1, 0.15) is 64.7 Å². The van der Waals surface area contributed by atoms with E-state index in [4.69, 9.17) is 0 Å². The van der Waals surface area contributed by atoms with Crippen molar-refractivity contribution >= 4 is 28.6 Å². The molecule has 0 amide bonds. The number of aliphatic carboxylic acids is 1. The number of halogens is 1. The Bertz CT molecular complexity index is 165. The van der Waals surface area contributed by atoms with Gasteiger partial charge in [0.15, 0.2) is 0 Å². The first kappa shape index (κ1) is 19.5. The van der Waals surface area contributed by atoms with Gasteiger partial charge in [0.2, 0.25) is 0 Å². The number of carbonyl (C=O) groups is 1. The fourth-order valence-electron chi connectivity index (χ4n) is 1.58. The van der Waals surface area contributed by atoms with Gasteiger partial charge in [-0.1, -0.05) is 80.9 Å². The van der Waals surface area contributed by atoms with Crippen LogP contribution in [0.3, 0.4) is 0 Å². The Morgan fingerprint density at radius 1 is 1.06 bits per heavy atom. The first-order chi connectivity index (χ1) is 7.18. The molecule has 0 aromatic heterocycles. The monoisotopic (exact) mass is 348 g/mol. The van der Waals surface area contributed by atoms with E-state index >= 15 is 0 Å². The molecular weight excluding hydrogens is 326 g/mol. The van der Waals surface area contributed by atoms with Gasteiger partial charge in [0, 0.05) is 0 Å². The van der Waals surface area contributed by atoms with Crippen molar-refractivity contribution in [3.63, 3.8) is 0 Å². The summed E-state index contributed by atoms with van der Waals surface area (Å²) in [4.78, 5) is 10.4. The van der Waals surface area contributed by atoms with Crippen molar-refractivity contribution in [2.45, 2.75) is 68.6 Å². The minimum atomic E-state index is -0.918. The molecule has 16 heavy (non-hydrogen) atoms. The number of rotatable bonds is 10. The van der Waals surface area contributed by atoms with E-state index < -0.39 is 5.97 Å². The van der Waals surface area contributed by atoms with Crippen molar-refractivity contribution in [2.24, 2.45) is 0 Å². The normalized spacial score (nSPS) is 11.9. The molecule has 2 nitrogen and oxygen atoms in total. The van der Waals surface area contributed by atoms with Gasteiger partial charge in [0.1, 0.15) is 0 Å². The second kappa shape index (κ2) is 14.3. The zero-order valence-electron chi connectivity index (χ0n) is 10.6. The van der Waals surface area contributed by atoms with Gasteiger partial charge in [-0.25, -0.2) is 0 Å². The van der Waals surface area contributed by atoms with Crippen LogP contribution in [0, 0.1) is 0 Å². The summed E-state index contributed by atoms with van der Waals surface area (Å²) in [6.07, 6.45) is 10.8. The predicted molar refractivity (Wildman–Crippen MR) is 70.0 cm³/mol. The Hall–Kier alpha value is 1.20. The van der Waals surface area contributed by atoms with Gasteiger partial charge in [0.25, 0.3) is 0 Å². The van der Waals surface area contributed by atoms with E-state index in [1.165, 1.54) is 44.9 Å². The molecule has 90 valence electrons. The van der Waals surface area contributed by atoms with E-state index in [-0.39, 0.29) is 33.5 Å². The molecule has 0 aromatic carbocycles. The van der Waals surface area contributed by atoms with Gasteiger partial charge in [0.05, 0.1) is 9.89 Å². The number of carbonyl (C=O) groups excluding carboxylic acids is 1. The third kappa shape index (κ3) is 13.3. The molecule has 1 atom stereocenters. The van der Waals surface area contributed by atoms with Gasteiger partial charge in [-0.3, -0.25) is 0 Å². The summed E-state index contributed by atoms with van der Waals surface area (Å²) in [5, 5.41) is 10.4. The maximum atomic E-state index is 10.4. The number of unbranched alkanes of at least 4 members (excludes halogenated alkanes) is 7. The fraction of sp³-hybridized carbons (Fsp3) is 0.917. The summed E-state index contributed by atoms with van der Waals surface area (Å²) in [6.45, 7) is 2.22. The minimum absolute atomic E-state index is 0. The maximum absolute atomic E-state index is 10.4. The summed E-state index contributed by atoms with van der Waals surface area (Å²) in [7, 11) is 0. The topological polar surface area (TPSA) is 40.1 Å². The van der Waals surface area contributed by atoms with Gasteiger partial charge in [-0.2, -0.15) is 0 Å². The summed E-state index contributed by atoms with van der Waals surface area (Å²) in [5.74, 6) is -0.918. The number of carboxylic acids is 1. The van der Waals surface area contributed by atoms with E-state index in [1.807, 2.05) is 22.6 Å². The van der Waals surface area contributed by atoms with Crippen LogP contribution in [0.2, 0.25) is 0 Å². The van der Waals surface area contributed by atoms with E-state index in [2.05, 4.69) is 6.92 Å². The van der Waals surface area contributed by atoms with Crippen molar-refractivity contribution in [2.75, 3.05) is 0 Å². The Kier molecular flexibility index (Phi) is 17.4. The summed E-state index contributed by atoms with van der Waals surface area (Å²) < 4.78 is -0.303. The van der Waals surface area contributed by atoms with Gasteiger partial charge in [-0.15, -0.1) is 0 Å². The Morgan fingerprint density at radius 3 is 1.94 bits per heavy atom. The van der Waals surface area contributed by atoms with Crippen molar-refractivity contribution in [3.05, 3.63) is 0 Å². The number of carboxylic acid groups (broad SMARTS) is 1. The van der Waals surface area contributed by atoms with Gasteiger partial charge >= 0.3 is 29.6 Å². The summed E-state index contributed by atoms with van der Waals surface area (Å²) in [5.41, 5.74) is 0. The van der Waals surface area contributed by atoms with Crippen molar-refractivity contribution in [1.82, 2.24) is 0 Å². The first-order valence-electron chi connectivity index (χ1n) is 6.03. The molecule has 4 heteroatoms. The Morgan fingerprint density at radius 2 is 1.50 bits per heavy atom. The molecule has 0 aliphatic heterocycles. The Labute approximate surface area is 135 Å². The van der Waals surface area contributed by atoms with Crippen molar-refractivity contribution in [3.8, 4) is 0 Å². The molecule has 0 aliphatic carbocycles. The number of alkyl halides is 1. The molecular formula is C12H22INaO2. The largest absolute Gasteiger partial charge is 1.00 e. The quantitative estimate of drug-likeness (QED) is 0.243. The molecule has 0 saturated heterocycles. The predicted octanol–water partition coefficient (Wildman–Crippen LogP) is 0.0747. The SMILES string of the molecule is CCCCCCCCCCC(I)C(=O)[O-].[Na+]. The molecule has 1 unspecified atom stereocenters. The van der Waals surface area contributed by atoms with Crippen LogP contribution >= 0.6 is 22.6 Å². The van der Waals surface area contributed by atoms with Gasteiger partial charge < -0.3 is 9.90 Å². The second-order valence-corrected chi connectivity index (χ2v) is 5.55. The smallest absolute Gasteiger partial charge is 0.549 e. The zero-order valence-corrected chi connectivity index (χ0v) is 14.8. The molecule has 0 aliphatic rings. The van der Waals surface area contributed by atoms with E-state index in [0.29, 0.717) is 0 Å². The molecule has 0 fully saturated rings. The molecule has 0 spiro atoms. The minimum Gasteiger partial charge on any atom is -0.549 e.